The van der Waals surface area contributed by atoms with Crippen LogP contribution >= 0.6 is 23.8 Å². The van der Waals surface area contributed by atoms with Crippen molar-refractivity contribution in [3.05, 3.63) is 53.1 Å². The van der Waals surface area contributed by atoms with E-state index in [1.165, 1.54) is 0 Å². The van der Waals surface area contributed by atoms with Crippen molar-refractivity contribution >= 4 is 46.4 Å². The molecule has 4 atom stereocenters. The van der Waals surface area contributed by atoms with Crippen LogP contribution in [-0.4, -0.2) is 16.9 Å². The quantitative estimate of drug-likeness (QED) is 0.451. The topological polar surface area (TPSA) is 58.5 Å². The second-order valence-corrected chi connectivity index (χ2v) is 8.78. The number of isothiocyanates is 1. The Balaban J connectivity index is 2.27. The Labute approximate surface area is 168 Å². The SMILES string of the molecule is C=C[C@]1(C)C(Cl)=CC2C(=O)[C@]1(N=C=S)c1cccc3c1[C@H](C(=O)N3)C2(C)C. The summed E-state index contributed by atoms with van der Waals surface area (Å²) in [7, 11) is 0. The molecule has 0 saturated heterocycles. The van der Waals surface area contributed by atoms with Crippen molar-refractivity contribution in [1.29, 1.82) is 0 Å². The van der Waals surface area contributed by atoms with Gasteiger partial charge in [-0.05, 0) is 41.7 Å². The highest BCUT2D eigenvalue weighted by Crippen LogP contribution is 2.64. The standard InChI is InChI=1S/C21H19ClN2O2S/c1-5-20(4)14(22)9-12-17(25)21(20,23-10-27)11-7-6-8-13-15(11)16(18(26)24-13)19(12,2)3/h5-9,12,16H,1H2,2-4H3,(H,24,26)/t12?,16-,20-,21-/m1/s1. The first-order valence-electron chi connectivity index (χ1n) is 8.75. The summed E-state index contributed by atoms with van der Waals surface area (Å²) < 4.78 is 0. The average molecular weight is 399 g/mol. The van der Waals surface area contributed by atoms with Gasteiger partial charge in [0.25, 0.3) is 0 Å². The van der Waals surface area contributed by atoms with Crippen LogP contribution in [0.1, 0.15) is 37.8 Å². The number of fused-ring (bicyclic) bond motifs is 3. The van der Waals surface area contributed by atoms with Crippen LogP contribution in [0.15, 0.2) is 47.0 Å². The van der Waals surface area contributed by atoms with Crippen LogP contribution < -0.4 is 5.32 Å². The monoisotopic (exact) mass is 398 g/mol. The Morgan fingerprint density at radius 2 is 2.04 bits per heavy atom. The highest BCUT2D eigenvalue weighted by molar-refractivity contribution is 7.78. The van der Waals surface area contributed by atoms with Crippen LogP contribution in [0.4, 0.5) is 5.69 Å². The number of halogens is 1. The maximum atomic E-state index is 14.0. The smallest absolute Gasteiger partial charge is 0.232 e. The van der Waals surface area contributed by atoms with Gasteiger partial charge in [0.1, 0.15) is 0 Å². The molecule has 1 heterocycles. The van der Waals surface area contributed by atoms with Crippen molar-refractivity contribution in [3.8, 4) is 0 Å². The highest BCUT2D eigenvalue weighted by atomic mass is 35.5. The maximum absolute atomic E-state index is 14.0. The number of ketones is 1. The Kier molecular flexibility index (Phi) is 3.71. The molecule has 1 aliphatic heterocycles. The van der Waals surface area contributed by atoms with E-state index in [1.54, 1.807) is 12.2 Å². The van der Waals surface area contributed by atoms with Gasteiger partial charge in [-0.15, -0.1) is 6.58 Å². The zero-order chi connectivity index (χ0) is 19.8. The minimum atomic E-state index is -1.41. The van der Waals surface area contributed by atoms with Crippen LogP contribution in [0.25, 0.3) is 0 Å². The number of thiocarbonyl (C=S) groups is 1. The molecule has 4 rings (SSSR count). The molecule has 6 heteroatoms. The van der Waals surface area contributed by atoms with Crippen molar-refractivity contribution in [1.82, 2.24) is 0 Å². The number of amides is 1. The fourth-order valence-corrected chi connectivity index (χ4v) is 5.56. The average Bonchev–Trinajstić information content (AvgIpc) is 2.95. The first-order valence-corrected chi connectivity index (χ1v) is 9.54. The van der Waals surface area contributed by atoms with E-state index in [9.17, 15) is 9.59 Å². The van der Waals surface area contributed by atoms with Crippen molar-refractivity contribution < 1.29 is 9.59 Å². The molecule has 0 aromatic heterocycles. The van der Waals surface area contributed by atoms with Gasteiger partial charge in [-0.2, -0.15) is 0 Å². The van der Waals surface area contributed by atoms with Crippen molar-refractivity contribution in [2.45, 2.75) is 32.2 Å². The number of carbonyl (C=O) groups excluding carboxylic acids is 2. The van der Waals surface area contributed by atoms with Crippen LogP contribution in [0.3, 0.4) is 0 Å². The summed E-state index contributed by atoms with van der Waals surface area (Å²) in [5.41, 5.74) is -0.947. The van der Waals surface area contributed by atoms with Gasteiger partial charge in [0, 0.05) is 16.6 Å². The van der Waals surface area contributed by atoms with E-state index < -0.39 is 28.2 Å². The minimum absolute atomic E-state index is 0.117. The van der Waals surface area contributed by atoms with Gasteiger partial charge >= 0.3 is 0 Å². The predicted octanol–water partition coefficient (Wildman–Crippen LogP) is 4.57. The van der Waals surface area contributed by atoms with Crippen LogP contribution in [-0.2, 0) is 15.1 Å². The van der Waals surface area contributed by atoms with E-state index >= 15 is 0 Å². The van der Waals surface area contributed by atoms with Gasteiger partial charge in [0.05, 0.1) is 16.5 Å². The Hall–Kier alpha value is -2.07. The number of aliphatic imine (C=N–C) groups is 1. The lowest BCUT2D eigenvalue weighted by Gasteiger charge is -2.48. The normalized spacial score (nSPS) is 35.3. The third-order valence-corrected chi connectivity index (χ3v) is 7.28. The summed E-state index contributed by atoms with van der Waals surface area (Å²) in [5.74, 6) is -1.34. The molecular weight excluding hydrogens is 380 g/mol. The number of hydrogen-bond acceptors (Lipinski definition) is 4. The third kappa shape index (κ3) is 1.90. The lowest BCUT2D eigenvalue weighted by Crippen LogP contribution is -2.54. The fraction of sp³-hybridized carbons (Fsp3) is 0.381. The van der Waals surface area contributed by atoms with Gasteiger partial charge in [0.2, 0.25) is 5.91 Å². The number of nitrogens with zero attached hydrogens (tertiary/aromatic N) is 1. The number of Topliss-reactive ketones (excluding diaryl/α,β-unsaturated/α-hetero) is 1. The summed E-state index contributed by atoms with van der Waals surface area (Å²) in [4.78, 5) is 31.4. The van der Waals surface area contributed by atoms with Gasteiger partial charge in [-0.3, -0.25) is 9.59 Å². The van der Waals surface area contributed by atoms with Crippen LogP contribution in [0.5, 0.6) is 0 Å². The molecule has 3 aliphatic rings. The number of nitrogens with one attached hydrogen (secondary N) is 1. The van der Waals surface area contributed by atoms with Gasteiger partial charge < -0.3 is 5.32 Å². The van der Waals surface area contributed by atoms with E-state index in [4.69, 9.17) is 23.8 Å². The molecule has 4 nitrogen and oxygen atoms in total. The number of benzene rings is 1. The third-order valence-electron chi connectivity index (χ3n) is 6.67. The fourth-order valence-electron chi connectivity index (χ4n) is 5.09. The van der Waals surface area contributed by atoms with Gasteiger partial charge in [0.15, 0.2) is 11.3 Å². The second kappa shape index (κ2) is 5.48. The maximum Gasteiger partial charge on any atom is 0.232 e. The van der Waals surface area contributed by atoms with E-state index in [-0.39, 0.29) is 11.7 Å². The molecule has 0 spiro atoms. The number of allylic oxidation sites excluding steroid dienone is 1. The van der Waals surface area contributed by atoms with Gasteiger partial charge in [-0.1, -0.05) is 49.7 Å². The molecule has 0 fully saturated rings. The summed E-state index contributed by atoms with van der Waals surface area (Å²) >= 11 is 11.7. The van der Waals surface area contributed by atoms with Gasteiger partial charge in [-0.25, -0.2) is 4.99 Å². The largest absolute Gasteiger partial charge is 0.325 e. The summed E-state index contributed by atoms with van der Waals surface area (Å²) in [6.07, 6.45) is 3.41. The molecule has 1 aromatic rings. The number of anilines is 1. The van der Waals surface area contributed by atoms with E-state index in [2.05, 4.69) is 22.0 Å². The van der Waals surface area contributed by atoms with Crippen molar-refractivity contribution in [2.75, 3.05) is 5.32 Å². The number of hydrogen-bond donors (Lipinski definition) is 1. The Morgan fingerprint density at radius 3 is 2.67 bits per heavy atom. The predicted molar refractivity (Wildman–Crippen MR) is 109 cm³/mol. The lowest BCUT2D eigenvalue weighted by atomic mass is 9.57. The number of rotatable bonds is 2. The molecule has 2 bridgehead atoms. The van der Waals surface area contributed by atoms with E-state index in [0.29, 0.717) is 16.3 Å². The van der Waals surface area contributed by atoms with E-state index in [1.807, 2.05) is 39.0 Å². The molecule has 0 radical (unpaired) electrons. The zero-order valence-electron chi connectivity index (χ0n) is 15.3. The molecule has 1 aromatic carbocycles. The first-order chi connectivity index (χ1) is 12.7. The number of carbonyl (C=O) groups is 2. The summed E-state index contributed by atoms with van der Waals surface area (Å²) in [5, 5.41) is 5.87. The summed E-state index contributed by atoms with van der Waals surface area (Å²) in [6, 6.07) is 5.51. The van der Waals surface area contributed by atoms with Crippen molar-refractivity contribution in [3.63, 3.8) is 0 Å². The molecule has 1 amide bonds. The van der Waals surface area contributed by atoms with Crippen LogP contribution in [0.2, 0.25) is 0 Å². The first kappa shape index (κ1) is 18.3. The Morgan fingerprint density at radius 1 is 1.33 bits per heavy atom. The van der Waals surface area contributed by atoms with Crippen molar-refractivity contribution in [2.24, 2.45) is 21.7 Å². The Bertz CT molecular complexity index is 1010. The minimum Gasteiger partial charge on any atom is -0.325 e. The molecule has 0 saturated carbocycles. The lowest BCUT2D eigenvalue weighted by molar-refractivity contribution is -0.134. The summed E-state index contributed by atoms with van der Waals surface area (Å²) in [6.45, 7) is 9.64. The molecule has 1 unspecified atom stereocenters. The van der Waals surface area contributed by atoms with Crippen LogP contribution in [0, 0.1) is 16.7 Å². The second-order valence-electron chi connectivity index (χ2n) is 8.19. The van der Waals surface area contributed by atoms with E-state index in [0.717, 1.165) is 5.56 Å². The molecule has 138 valence electrons. The molecule has 27 heavy (non-hydrogen) atoms. The highest BCUT2D eigenvalue weighted by Gasteiger charge is 2.67. The zero-order valence-corrected chi connectivity index (χ0v) is 16.9. The molecule has 1 N–H and O–H groups in total. The molecular formula is C21H19ClN2O2S. The molecule has 2 aliphatic carbocycles.